The van der Waals surface area contributed by atoms with Crippen LogP contribution in [0.1, 0.15) is 31.9 Å². The number of nitrogen functional groups attached to an aromatic ring is 1. The first-order valence-electron chi connectivity index (χ1n) is 10.5. The van der Waals surface area contributed by atoms with E-state index in [0.29, 0.717) is 30.1 Å². The number of hydrogen-bond acceptors (Lipinski definition) is 9. The molecule has 1 aliphatic rings. The van der Waals surface area contributed by atoms with Crippen LogP contribution in [0.25, 0.3) is 11.2 Å². The fraction of sp³-hybridized carbons (Fsp3) is 0.737. The smallest absolute Gasteiger partial charge is 0.207 e. The van der Waals surface area contributed by atoms with Gasteiger partial charge in [0.15, 0.2) is 17.0 Å². The van der Waals surface area contributed by atoms with E-state index in [0.717, 1.165) is 36.8 Å². The number of anilines is 2. The van der Waals surface area contributed by atoms with E-state index in [4.69, 9.17) is 15.6 Å². The second-order valence-electron chi connectivity index (χ2n) is 8.45. The Morgan fingerprint density at radius 2 is 2.03 bits per heavy atom. The fourth-order valence-corrected chi connectivity index (χ4v) is 3.77. The minimum absolute atomic E-state index is 0.242. The summed E-state index contributed by atoms with van der Waals surface area (Å²) in [5, 5.41) is 31.9. The van der Waals surface area contributed by atoms with E-state index in [2.05, 4.69) is 34.4 Å². The Hall–Kier alpha value is -2.05. The monoisotopic (exact) mass is 424 g/mol. The maximum atomic E-state index is 10.2. The first kappa shape index (κ1) is 22.6. The van der Waals surface area contributed by atoms with E-state index in [1.54, 1.807) is 4.57 Å². The lowest BCUT2D eigenvalue weighted by Gasteiger charge is -2.30. The normalized spacial score (nSPS) is 22.1. The lowest BCUT2D eigenvalue weighted by atomic mass is 10.2. The van der Waals surface area contributed by atoms with Gasteiger partial charge in [0.2, 0.25) is 5.95 Å². The summed E-state index contributed by atoms with van der Waals surface area (Å²) >= 11 is 0. The minimum Gasteiger partial charge on any atom is -0.396 e. The number of imidazole rings is 1. The molecule has 0 unspecified atom stereocenters. The molecule has 1 fully saturated rings. The Bertz CT molecular complexity index is 829. The highest BCUT2D eigenvalue weighted by Crippen LogP contribution is 2.34. The second kappa shape index (κ2) is 9.84. The number of quaternary nitrogens is 1. The summed E-state index contributed by atoms with van der Waals surface area (Å²) < 4.78 is 8.46. The van der Waals surface area contributed by atoms with E-state index in [1.165, 1.54) is 6.33 Å². The molecule has 0 radical (unpaired) electrons. The van der Waals surface area contributed by atoms with Gasteiger partial charge in [-0.15, -0.1) is 0 Å². The maximum absolute atomic E-state index is 10.2. The second-order valence-corrected chi connectivity index (χ2v) is 8.45. The summed E-state index contributed by atoms with van der Waals surface area (Å²) in [5.74, 6) is 0.826. The first-order chi connectivity index (χ1) is 14.4. The topological polar surface area (TPSA) is 152 Å². The van der Waals surface area contributed by atoms with Crippen LogP contribution in [0, 0.1) is 0 Å². The zero-order valence-corrected chi connectivity index (χ0v) is 17.7. The minimum atomic E-state index is -0.765. The van der Waals surface area contributed by atoms with Crippen molar-refractivity contribution in [3.8, 4) is 0 Å². The molecular formula is C19H34N7O4+. The van der Waals surface area contributed by atoms with Gasteiger partial charge in [-0.05, 0) is 19.3 Å². The van der Waals surface area contributed by atoms with E-state index < -0.39 is 18.4 Å². The predicted octanol–water partition coefficient (Wildman–Crippen LogP) is -0.300. The lowest BCUT2D eigenvalue weighted by molar-refractivity contribution is -0.888. The molecule has 30 heavy (non-hydrogen) atoms. The fourth-order valence-electron chi connectivity index (χ4n) is 3.77. The number of aromatic nitrogens is 4. The molecule has 2 aromatic heterocycles. The van der Waals surface area contributed by atoms with Crippen LogP contribution in [0.2, 0.25) is 0 Å². The number of hydrogen-bond donors (Lipinski definition) is 5. The number of nitrogens with one attached hydrogen (secondary N) is 1. The van der Waals surface area contributed by atoms with Gasteiger partial charge in [0, 0.05) is 13.0 Å². The summed E-state index contributed by atoms with van der Waals surface area (Å²) in [6, 6.07) is 0. The maximum Gasteiger partial charge on any atom is 0.207 e. The highest BCUT2D eigenvalue weighted by molar-refractivity contribution is 5.84. The molecule has 1 saturated heterocycles. The summed E-state index contributed by atoms with van der Waals surface area (Å²) in [6.45, 7) is 2.55. The van der Waals surface area contributed by atoms with E-state index in [9.17, 15) is 10.2 Å². The average molecular weight is 425 g/mol. The van der Waals surface area contributed by atoms with Crippen molar-refractivity contribution in [2.24, 2.45) is 0 Å². The van der Waals surface area contributed by atoms with Crippen LogP contribution in [0.5, 0.6) is 0 Å². The van der Waals surface area contributed by atoms with Crippen molar-refractivity contribution in [3.05, 3.63) is 6.33 Å². The predicted molar refractivity (Wildman–Crippen MR) is 113 cm³/mol. The Morgan fingerprint density at radius 3 is 2.73 bits per heavy atom. The van der Waals surface area contributed by atoms with Crippen molar-refractivity contribution in [2.45, 2.75) is 44.1 Å². The third kappa shape index (κ3) is 5.16. The van der Waals surface area contributed by atoms with E-state index in [1.807, 2.05) is 0 Å². The molecule has 3 rings (SSSR count). The third-order valence-electron chi connectivity index (χ3n) is 5.60. The van der Waals surface area contributed by atoms with Crippen LogP contribution in [-0.4, -0.2) is 98.5 Å². The molecule has 11 heteroatoms. The van der Waals surface area contributed by atoms with Gasteiger partial charge in [-0.2, -0.15) is 0 Å². The summed E-state index contributed by atoms with van der Waals surface area (Å²) in [7, 11) is 4.35. The van der Waals surface area contributed by atoms with Crippen molar-refractivity contribution < 1.29 is 24.5 Å². The van der Waals surface area contributed by atoms with Gasteiger partial charge >= 0.3 is 0 Å². The molecule has 3 atom stereocenters. The highest BCUT2D eigenvalue weighted by atomic mass is 16.5. The quantitative estimate of drug-likeness (QED) is 0.242. The molecule has 1 aliphatic heterocycles. The number of aliphatic hydroxyl groups is 3. The van der Waals surface area contributed by atoms with Gasteiger partial charge in [-0.25, -0.2) is 15.0 Å². The van der Waals surface area contributed by atoms with Crippen molar-refractivity contribution in [2.75, 3.05) is 58.0 Å². The number of nitrogens with two attached hydrogens (primary N) is 1. The first-order valence-corrected chi connectivity index (χ1v) is 10.5. The number of unbranched alkanes of at least 4 members (excludes halogenated alkanes) is 2. The summed E-state index contributed by atoms with van der Waals surface area (Å²) in [5.41, 5.74) is 6.99. The Balaban J connectivity index is 1.73. The lowest BCUT2D eigenvalue weighted by Crippen LogP contribution is -2.44. The van der Waals surface area contributed by atoms with E-state index in [-0.39, 0.29) is 19.0 Å². The van der Waals surface area contributed by atoms with Crippen LogP contribution in [0.3, 0.4) is 0 Å². The van der Waals surface area contributed by atoms with Gasteiger partial charge < -0.3 is 35.6 Å². The molecule has 11 nitrogen and oxygen atoms in total. The average Bonchev–Trinajstić information content (AvgIpc) is 3.25. The zero-order chi connectivity index (χ0) is 21.7. The van der Waals surface area contributed by atoms with Gasteiger partial charge in [-0.3, -0.25) is 4.57 Å². The van der Waals surface area contributed by atoms with Crippen LogP contribution in [0.4, 0.5) is 11.8 Å². The molecule has 2 aromatic rings. The Kier molecular flexibility index (Phi) is 7.42. The molecule has 168 valence electrons. The van der Waals surface area contributed by atoms with Crippen molar-refractivity contribution in [1.29, 1.82) is 0 Å². The molecule has 0 bridgehead atoms. The van der Waals surface area contributed by atoms with Gasteiger partial charge in [-0.1, -0.05) is 0 Å². The molecule has 6 N–H and O–H groups in total. The standard InChI is InChI=1S/C19H34N7O4/c1-26(2,7-4-3-5-9-27)8-6-21-19-24-16-17(20)22-12-23-18(16)25(19)15-10-13(29)14(11-28)30-15/h12-15,27-29H,3-11H2,1-2H3,(H,21,24)(H2,20,22,23)/q+1/t13-,14+,15+/m0/s1. The molecule has 0 aliphatic carbocycles. The molecular weight excluding hydrogens is 390 g/mol. The SMILES string of the molecule is C[N+](C)(CCCCCO)CCNc1nc2c(N)ncnc2n1[C@H]1C[C@H](O)[C@@H](CO)O1. The molecule has 0 spiro atoms. The molecule has 0 saturated carbocycles. The van der Waals surface area contributed by atoms with Crippen molar-refractivity contribution in [1.82, 2.24) is 19.5 Å². The van der Waals surface area contributed by atoms with Crippen LogP contribution in [0.15, 0.2) is 6.33 Å². The van der Waals surface area contributed by atoms with Crippen LogP contribution in [-0.2, 0) is 4.74 Å². The van der Waals surface area contributed by atoms with Gasteiger partial charge in [0.05, 0.1) is 46.4 Å². The summed E-state index contributed by atoms with van der Waals surface area (Å²) in [6.07, 6.45) is 2.70. The number of aliphatic hydroxyl groups excluding tert-OH is 3. The number of rotatable bonds is 11. The largest absolute Gasteiger partial charge is 0.396 e. The van der Waals surface area contributed by atoms with Gasteiger partial charge in [0.1, 0.15) is 18.7 Å². The molecule has 0 amide bonds. The van der Waals surface area contributed by atoms with Crippen molar-refractivity contribution >= 4 is 22.9 Å². The Labute approximate surface area is 176 Å². The number of ether oxygens (including phenoxy) is 1. The third-order valence-corrected chi connectivity index (χ3v) is 5.60. The number of likely N-dealkylation sites (N-methyl/N-ethyl adjacent to an activating group) is 1. The Morgan fingerprint density at radius 1 is 1.23 bits per heavy atom. The van der Waals surface area contributed by atoms with Crippen LogP contribution < -0.4 is 11.1 Å². The van der Waals surface area contributed by atoms with Gasteiger partial charge in [0.25, 0.3) is 0 Å². The molecule has 0 aromatic carbocycles. The zero-order valence-electron chi connectivity index (χ0n) is 17.7. The van der Waals surface area contributed by atoms with Crippen LogP contribution >= 0.6 is 0 Å². The number of fused-ring (bicyclic) bond motifs is 1. The van der Waals surface area contributed by atoms with E-state index >= 15 is 0 Å². The molecule has 3 heterocycles. The highest BCUT2D eigenvalue weighted by Gasteiger charge is 2.37. The van der Waals surface area contributed by atoms with Crippen molar-refractivity contribution in [3.63, 3.8) is 0 Å². The number of nitrogens with zero attached hydrogens (tertiary/aromatic N) is 5. The summed E-state index contributed by atoms with van der Waals surface area (Å²) in [4.78, 5) is 12.9.